The number of aryl methyl sites for hydroxylation is 1. The predicted octanol–water partition coefficient (Wildman–Crippen LogP) is 7.95. The number of quaternary nitrogens is 1. The van der Waals surface area contributed by atoms with Crippen molar-refractivity contribution in [1.82, 2.24) is 10.6 Å². The van der Waals surface area contributed by atoms with Crippen molar-refractivity contribution in [3.05, 3.63) is 125 Å². The Bertz CT molecular complexity index is 1800. The summed E-state index contributed by atoms with van der Waals surface area (Å²) in [4.78, 5) is 39.7. The lowest BCUT2D eigenvalue weighted by Crippen LogP contribution is -2.47. The first kappa shape index (κ1) is 40.0. The number of nitrogens with one attached hydrogen (secondary N) is 2. The molecule has 0 fully saturated rings. The number of ether oxygens (including phenoxy) is 3. The molecule has 0 spiro atoms. The molecule has 54 heavy (non-hydrogen) atoms. The van der Waals surface area contributed by atoms with Crippen LogP contribution in [0.3, 0.4) is 0 Å². The highest BCUT2D eigenvalue weighted by Gasteiger charge is 2.30. The van der Waals surface area contributed by atoms with Gasteiger partial charge in [0.1, 0.15) is 24.9 Å². The van der Waals surface area contributed by atoms with Crippen molar-refractivity contribution in [2.75, 3.05) is 47.4 Å². The summed E-state index contributed by atoms with van der Waals surface area (Å²) < 4.78 is 18.8. The molecule has 0 radical (unpaired) electrons. The van der Waals surface area contributed by atoms with Crippen LogP contribution in [0.2, 0.25) is 0 Å². The molecule has 0 saturated carbocycles. The van der Waals surface area contributed by atoms with Gasteiger partial charge in [-0.25, -0.2) is 9.59 Å². The van der Waals surface area contributed by atoms with Crippen molar-refractivity contribution in [2.45, 2.75) is 64.5 Å². The third-order valence-electron chi connectivity index (χ3n) is 9.60. The Morgan fingerprint density at radius 2 is 1.35 bits per heavy atom. The van der Waals surface area contributed by atoms with E-state index in [1.807, 2.05) is 106 Å². The molecule has 9 nitrogen and oxygen atoms in total. The molecule has 2 atom stereocenters. The number of fused-ring (bicyclic) bond motifs is 3. The lowest BCUT2D eigenvalue weighted by molar-refractivity contribution is -0.870. The molecule has 1 aliphatic rings. The van der Waals surface area contributed by atoms with Gasteiger partial charge in [0.05, 0.1) is 34.3 Å². The highest BCUT2D eigenvalue weighted by molar-refractivity contribution is 5.87. The largest absolute Gasteiger partial charge is 0.494 e. The van der Waals surface area contributed by atoms with E-state index >= 15 is 0 Å². The maximum absolute atomic E-state index is 13.8. The van der Waals surface area contributed by atoms with Gasteiger partial charge in [-0.05, 0) is 84.0 Å². The number of unbranched alkanes of at least 4 members (excludes halogenated alkanes) is 2. The van der Waals surface area contributed by atoms with Crippen LogP contribution in [-0.4, -0.2) is 75.9 Å². The van der Waals surface area contributed by atoms with Crippen molar-refractivity contribution >= 4 is 18.0 Å². The van der Waals surface area contributed by atoms with Crippen molar-refractivity contribution < 1.29 is 33.1 Å². The molecule has 0 aromatic heterocycles. The highest BCUT2D eigenvalue weighted by Crippen LogP contribution is 2.44. The summed E-state index contributed by atoms with van der Waals surface area (Å²) in [6.45, 7) is 7.51. The number of carbonyl (C=O) groups is 3. The second-order valence-electron chi connectivity index (χ2n) is 15.6. The Balaban J connectivity index is 1.17. The monoisotopic (exact) mass is 734 g/mol. The highest BCUT2D eigenvalue weighted by atomic mass is 16.6. The second kappa shape index (κ2) is 18.7. The Morgan fingerprint density at radius 3 is 1.94 bits per heavy atom. The minimum absolute atomic E-state index is 0.0831. The first-order chi connectivity index (χ1) is 25.9. The zero-order valence-electron chi connectivity index (χ0n) is 32.6. The third-order valence-corrected chi connectivity index (χ3v) is 9.60. The molecule has 4 aromatic carbocycles. The van der Waals surface area contributed by atoms with Crippen LogP contribution in [0, 0.1) is 12.8 Å². The fourth-order valence-electron chi connectivity index (χ4n) is 6.79. The van der Waals surface area contributed by atoms with E-state index in [0.29, 0.717) is 13.0 Å². The van der Waals surface area contributed by atoms with E-state index in [-0.39, 0.29) is 25.0 Å². The van der Waals surface area contributed by atoms with E-state index < -0.39 is 30.1 Å². The Labute approximate surface area is 320 Å². The smallest absolute Gasteiger partial charge is 0.407 e. The SMILES string of the molecule is Cc1ccc(C(OC(=O)C(CC(C)C)NC(=O)CNC(=O)OCC2c3ccccc3-c3ccccc32)c2ccc(OCCCCC[N+](C)(C)C)cc2)cc1. The molecule has 9 heteroatoms. The molecular formula is C45H56N3O6+. The van der Waals surface area contributed by atoms with Gasteiger partial charge in [-0.15, -0.1) is 0 Å². The van der Waals surface area contributed by atoms with Crippen LogP contribution < -0.4 is 15.4 Å². The van der Waals surface area contributed by atoms with Crippen LogP contribution in [0.1, 0.15) is 79.4 Å². The van der Waals surface area contributed by atoms with E-state index in [2.05, 4.69) is 43.9 Å². The lowest BCUT2D eigenvalue weighted by atomic mass is 9.98. The number of benzene rings is 4. The van der Waals surface area contributed by atoms with Gasteiger partial charge >= 0.3 is 12.1 Å². The fourth-order valence-corrected chi connectivity index (χ4v) is 6.79. The Hall–Kier alpha value is -5.15. The van der Waals surface area contributed by atoms with Crippen molar-refractivity contribution in [1.29, 1.82) is 0 Å². The standard InChI is InChI=1S/C45H55N3O6/c1-31(2)28-41(47-42(49)29-46-45(51)53-30-40-38-16-10-8-14-36(38)37-15-9-11-17-39(37)40)44(50)54-43(33-20-18-32(3)19-21-33)34-22-24-35(25-23-34)52-27-13-7-12-26-48(4,5)6/h8-11,14-25,31,40-41,43H,7,12-13,26-30H2,1-6H3,(H-,46,47,49,51)/p+1. The lowest BCUT2D eigenvalue weighted by Gasteiger charge is -2.25. The molecule has 2 N–H and O–H groups in total. The topological polar surface area (TPSA) is 103 Å². The second-order valence-corrected chi connectivity index (χ2v) is 15.6. The molecule has 4 aromatic rings. The number of hydrogen-bond donors (Lipinski definition) is 2. The minimum Gasteiger partial charge on any atom is -0.494 e. The molecule has 1 aliphatic carbocycles. The van der Waals surface area contributed by atoms with Crippen LogP contribution >= 0.6 is 0 Å². The van der Waals surface area contributed by atoms with Gasteiger partial charge in [0.25, 0.3) is 0 Å². The van der Waals surface area contributed by atoms with E-state index in [4.69, 9.17) is 14.2 Å². The number of nitrogens with zero attached hydrogens (tertiary/aromatic N) is 1. The van der Waals surface area contributed by atoms with Crippen LogP contribution in [-0.2, 0) is 19.1 Å². The Morgan fingerprint density at radius 1 is 0.759 bits per heavy atom. The number of hydrogen-bond acceptors (Lipinski definition) is 6. The van der Waals surface area contributed by atoms with Crippen LogP contribution in [0.4, 0.5) is 4.79 Å². The molecule has 0 heterocycles. The fraction of sp³-hybridized carbons (Fsp3) is 0.400. The van der Waals surface area contributed by atoms with Gasteiger partial charge in [0.15, 0.2) is 6.10 Å². The number of esters is 1. The summed E-state index contributed by atoms with van der Waals surface area (Å²) in [5, 5.41) is 5.34. The first-order valence-electron chi connectivity index (χ1n) is 19.1. The average molecular weight is 735 g/mol. The summed E-state index contributed by atoms with van der Waals surface area (Å²) in [6, 6.07) is 30.8. The summed E-state index contributed by atoms with van der Waals surface area (Å²) in [5.41, 5.74) is 7.15. The molecule has 286 valence electrons. The quantitative estimate of drug-likeness (QED) is 0.0612. The zero-order chi connectivity index (χ0) is 38.7. The van der Waals surface area contributed by atoms with Crippen LogP contribution in [0.5, 0.6) is 5.75 Å². The molecule has 2 unspecified atom stereocenters. The van der Waals surface area contributed by atoms with Crippen molar-refractivity contribution in [3.63, 3.8) is 0 Å². The normalized spacial score (nSPS) is 13.4. The van der Waals surface area contributed by atoms with E-state index in [1.165, 1.54) is 0 Å². The summed E-state index contributed by atoms with van der Waals surface area (Å²) in [7, 11) is 6.61. The Kier molecular flexibility index (Phi) is 13.9. The molecule has 0 saturated heterocycles. The van der Waals surface area contributed by atoms with Gasteiger partial charge in [-0.3, -0.25) is 4.79 Å². The van der Waals surface area contributed by atoms with Gasteiger partial charge < -0.3 is 29.3 Å². The van der Waals surface area contributed by atoms with E-state index in [0.717, 1.165) is 75.0 Å². The zero-order valence-corrected chi connectivity index (χ0v) is 32.6. The van der Waals surface area contributed by atoms with Crippen molar-refractivity contribution in [3.8, 4) is 16.9 Å². The van der Waals surface area contributed by atoms with Gasteiger partial charge in [-0.2, -0.15) is 0 Å². The molecule has 0 bridgehead atoms. The maximum Gasteiger partial charge on any atom is 0.407 e. The summed E-state index contributed by atoms with van der Waals surface area (Å²) >= 11 is 0. The average Bonchev–Trinajstić information content (AvgIpc) is 3.46. The number of amides is 2. The predicted molar refractivity (Wildman–Crippen MR) is 212 cm³/mol. The molecular weight excluding hydrogens is 679 g/mol. The van der Waals surface area contributed by atoms with Crippen molar-refractivity contribution in [2.24, 2.45) is 5.92 Å². The van der Waals surface area contributed by atoms with Gasteiger partial charge in [0.2, 0.25) is 5.91 Å². The van der Waals surface area contributed by atoms with Crippen LogP contribution in [0.25, 0.3) is 11.1 Å². The molecule has 2 amide bonds. The molecule has 0 aliphatic heterocycles. The first-order valence-corrected chi connectivity index (χ1v) is 19.1. The third kappa shape index (κ3) is 11.4. The number of rotatable bonds is 18. The minimum atomic E-state index is -0.922. The summed E-state index contributed by atoms with van der Waals surface area (Å²) in [5.74, 6) is -0.331. The van der Waals surface area contributed by atoms with E-state index in [1.54, 1.807) is 0 Å². The summed E-state index contributed by atoms with van der Waals surface area (Å²) in [6.07, 6.45) is 2.20. The molecule has 5 rings (SSSR count). The number of alkyl carbamates (subject to hydrolysis) is 1. The van der Waals surface area contributed by atoms with Gasteiger partial charge in [-0.1, -0.05) is 104 Å². The number of carbonyl (C=O) groups excluding carboxylic acids is 3. The van der Waals surface area contributed by atoms with Crippen LogP contribution in [0.15, 0.2) is 97.1 Å². The van der Waals surface area contributed by atoms with Gasteiger partial charge in [0, 0.05) is 5.92 Å². The maximum atomic E-state index is 13.8. The van der Waals surface area contributed by atoms with E-state index in [9.17, 15) is 14.4 Å².